The van der Waals surface area contributed by atoms with Crippen molar-refractivity contribution < 1.29 is 0 Å². The molecule has 0 unspecified atom stereocenters. The molecule has 0 saturated carbocycles. The van der Waals surface area contributed by atoms with Crippen LogP contribution in [0.4, 0.5) is 5.95 Å². The molecular formula is C21H26N4. The number of nitrogens with zero attached hydrogens (tertiary/aromatic N) is 3. The van der Waals surface area contributed by atoms with E-state index < -0.39 is 0 Å². The van der Waals surface area contributed by atoms with E-state index in [9.17, 15) is 0 Å². The molecule has 0 amide bonds. The Labute approximate surface area is 149 Å². The Hall–Kier alpha value is -2.46. The van der Waals surface area contributed by atoms with Crippen LogP contribution in [0.15, 0.2) is 54.7 Å². The third kappa shape index (κ3) is 4.15. The maximum absolute atomic E-state index is 4.83. The van der Waals surface area contributed by atoms with Crippen molar-refractivity contribution in [2.45, 2.75) is 25.7 Å². The van der Waals surface area contributed by atoms with E-state index in [-0.39, 0.29) is 0 Å². The van der Waals surface area contributed by atoms with Gasteiger partial charge in [0.2, 0.25) is 5.95 Å². The number of nitrogens with two attached hydrogens (primary N) is 1. The van der Waals surface area contributed by atoms with Gasteiger partial charge >= 0.3 is 0 Å². The van der Waals surface area contributed by atoms with Crippen LogP contribution in [-0.2, 0) is 0 Å². The van der Waals surface area contributed by atoms with Gasteiger partial charge in [-0.05, 0) is 42.8 Å². The van der Waals surface area contributed by atoms with Gasteiger partial charge in [0.05, 0.1) is 5.69 Å². The molecular weight excluding hydrogens is 308 g/mol. The molecule has 0 atom stereocenters. The largest absolute Gasteiger partial charge is 0.341 e. The summed E-state index contributed by atoms with van der Waals surface area (Å²) >= 11 is 0. The topological polar surface area (TPSA) is 55.0 Å². The van der Waals surface area contributed by atoms with Crippen LogP contribution in [0.1, 0.15) is 25.7 Å². The molecule has 2 heterocycles. The van der Waals surface area contributed by atoms with E-state index in [4.69, 9.17) is 4.98 Å². The molecule has 25 heavy (non-hydrogen) atoms. The number of aromatic nitrogens is 2. The Morgan fingerprint density at radius 1 is 0.840 bits per heavy atom. The molecule has 3 aromatic rings. The van der Waals surface area contributed by atoms with Crippen LogP contribution < -0.4 is 10.6 Å². The Balaban J connectivity index is 0.000000880. The Kier molecular flexibility index (Phi) is 5.96. The van der Waals surface area contributed by atoms with E-state index >= 15 is 0 Å². The summed E-state index contributed by atoms with van der Waals surface area (Å²) in [6.45, 7) is 2.14. The predicted molar refractivity (Wildman–Crippen MR) is 106 cm³/mol. The summed E-state index contributed by atoms with van der Waals surface area (Å²) in [5, 5.41) is 2.51. The Bertz CT molecular complexity index is 808. The molecule has 2 aromatic carbocycles. The van der Waals surface area contributed by atoms with Crippen LogP contribution >= 0.6 is 0 Å². The molecule has 1 aliphatic heterocycles. The molecule has 1 aliphatic rings. The second-order valence-corrected chi connectivity index (χ2v) is 6.21. The zero-order chi connectivity index (χ0) is 17.5. The minimum Gasteiger partial charge on any atom is -0.341 e. The quantitative estimate of drug-likeness (QED) is 0.761. The van der Waals surface area contributed by atoms with Crippen molar-refractivity contribution >= 4 is 16.7 Å². The molecule has 4 heteroatoms. The average molecular weight is 334 g/mol. The number of fused-ring (bicyclic) bond motifs is 1. The summed E-state index contributed by atoms with van der Waals surface area (Å²) in [7, 11) is 1.50. The highest BCUT2D eigenvalue weighted by atomic mass is 15.2. The van der Waals surface area contributed by atoms with Crippen molar-refractivity contribution in [2.24, 2.45) is 5.73 Å². The Morgan fingerprint density at radius 2 is 1.56 bits per heavy atom. The van der Waals surface area contributed by atoms with Gasteiger partial charge in [-0.25, -0.2) is 9.97 Å². The smallest absolute Gasteiger partial charge is 0.225 e. The minimum atomic E-state index is 0.873. The van der Waals surface area contributed by atoms with Crippen LogP contribution in [0.5, 0.6) is 0 Å². The molecule has 0 bridgehead atoms. The number of rotatable bonds is 2. The maximum Gasteiger partial charge on any atom is 0.225 e. The standard InChI is InChI=1S/C20H21N3.CH5N/c1-2-6-14-23(13-5-1)20-21-12-11-19(22-20)18-10-9-16-7-3-4-8-17(16)15-18;1-2/h3-4,7-12,15H,1-2,5-6,13-14H2;2H2,1H3. The maximum atomic E-state index is 4.83. The summed E-state index contributed by atoms with van der Waals surface area (Å²) in [5.41, 5.74) is 6.66. The fourth-order valence-corrected chi connectivity index (χ4v) is 3.28. The Morgan fingerprint density at radius 3 is 2.32 bits per heavy atom. The van der Waals surface area contributed by atoms with E-state index in [1.165, 1.54) is 43.5 Å². The molecule has 130 valence electrons. The highest BCUT2D eigenvalue weighted by Gasteiger charge is 2.13. The molecule has 4 rings (SSSR count). The van der Waals surface area contributed by atoms with Gasteiger partial charge in [-0.3, -0.25) is 0 Å². The van der Waals surface area contributed by atoms with Crippen molar-refractivity contribution in [3.8, 4) is 11.3 Å². The summed E-state index contributed by atoms with van der Waals surface area (Å²) < 4.78 is 0. The van der Waals surface area contributed by atoms with E-state index in [2.05, 4.69) is 58.1 Å². The van der Waals surface area contributed by atoms with Gasteiger partial charge in [-0.1, -0.05) is 49.2 Å². The van der Waals surface area contributed by atoms with Gasteiger partial charge in [0.25, 0.3) is 0 Å². The SMILES string of the molecule is CN.c1ccc2cc(-c3ccnc(N4CCCCCC4)n3)ccc2c1. The lowest BCUT2D eigenvalue weighted by atomic mass is 10.1. The van der Waals surface area contributed by atoms with Gasteiger partial charge in [0.15, 0.2) is 0 Å². The summed E-state index contributed by atoms with van der Waals surface area (Å²) in [6.07, 6.45) is 7.01. The zero-order valence-corrected chi connectivity index (χ0v) is 14.9. The highest BCUT2D eigenvalue weighted by Crippen LogP contribution is 2.24. The van der Waals surface area contributed by atoms with Crippen molar-refractivity contribution in [3.05, 3.63) is 54.7 Å². The van der Waals surface area contributed by atoms with Gasteiger partial charge in [0, 0.05) is 24.8 Å². The lowest BCUT2D eigenvalue weighted by molar-refractivity contribution is 0.726. The van der Waals surface area contributed by atoms with E-state index in [1.54, 1.807) is 0 Å². The van der Waals surface area contributed by atoms with E-state index in [0.29, 0.717) is 0 Å². The second kappa shape index (κ2) is 8.58. The number of hydrogen-bond donors (Lipinski definition) is 1. The summed E-state index contributed by atoms with van der Waals surface area (Å²) in [4.78, 5) is 11.7. The molecule has 4 nitrogen and oxygen atoms in total. The van der Waals surface area contributed by atoms with Crippen LogP contribution in [0.2, 0.25) is 0 Å². The first kappa shape index (κ1) is 17.4. The van der Waals surface area contributed by atoms with Crippen LogP contribution in [0.25, 0.3) is 22.0 Å². The van der Waals surface area contributed by atoms with Gasteiger partial charge in [-0.2, -0.15) is 0 Å². The van der Waals surface area contributed by atoms with Gasteiger partial charge < -0.3 is 10.6 Å². The number of anilines is 1. The minimum absolute atomic E-state index is 0.873. The number of hydrogen-bond acceptors (Lipinski definition) is 4. The fourth-order valence-electron chi connectivity index (χ4n) is 3.28. The molecule has 0 radical (unpaired) electrons. The first-order valence-electron chi connectivity index (χ1n) is 9.05. The van der Waals surface area contributed by atoms with Crippen LogP contribution in [0.3, 0.4) is 0 Å². The molecule has 0 spiro atoms. The fraction of sp³-hybridized carbons (Fsp3) is 0.333. The lowest BCUT2D eigenvalue weighted by Gasteiger charge is -2.20. The average Bonchev–Trinajstić information content (AvgIpc) is 2.99. The van der Waals surface area contributed by atoms with Crippen LogP contribution in [0, 0.1) is 0 Å². The predicted octanol–water partition coefficient (Wildman–Crippen LogP) is 4.25. The molecule has 1 fully saturated rings. The van der Waals surface area contributed by atoms with E-state index in [0.717, 1.165) is 30.3 Å². The third-order valence-electron chi connectivity index (χ3n) is 4.58. The molecule has 2 N–H and O–H groups in total. The third-order valence-corrected chi connectivity index (χ3v) is 4.58. The zero-order valence-electron chi connectivity index (χ0n) is 14.9. The normalized spacial score (nSPS) is 14.6. The van der Waals surface area contributed by atoms with Gasteiger partial charge in [0.1, 0.15) is 0 Å². The molecule has 1 aromatic heterocycles. The summed E-state index contributed by atoms with van der Waals surface area (Å²) in [6, 6.07) is 17.0. The number of benzene rings is 2. The van der Waals surface area contributed by atoms with Gasteiger partial charge in [-0.15, -0.1) is 0 Å². The van der Waals surface area contributed by atoms with Crippen molar-refractivity contribution in [3.63, 3.8) is 0 Å². The van der Waals surface area contributed by atoms with Crippen molar-refractivity contribution in [2.75, 3.05) is 25.0 Å². The second-order valence-electron chi connectivity index (χ2n) is 6.21. The summed E-state index contributed by atoms with van der Waals surface area (Å²) in [5.74, 6) is 0.873. The first-order chi connectivity index (χ1) is 12.4. The van der Waals surface area contributed by atoms with Crippen LogP contribution in [-0.4, -0.2) is 30.1 Å². The molecule has 1 saturated heterocycles. The molecule has 0 aliphatic carbocycles. The van der Waals surface area contributed by atoms with Crippen molar-refractivity contribution in [1.82, 2.24) is 9.97 Å². The van der Waals surface area contributed by atoms with E-state index in [1.807, 2.05) is 12.3 Å². The highest BCUT2D eigenvalue weighted by molar-refractivity contribution is 5.86. The van der Waals surface area contributed by atoms with Crippen molar-refractivity contribution in [1.29, 1.82) is 0 Å². The monoisotopic (exact) mass is 334 g/mol. The lowest BCUT2D eigenvalue weighted by Crippen LogP contribution is -2.26. The first-order valence-corrected chi connectivity index (χ1v) is 9.05.